The Hall–Kier alpha value is -3.24. The molecule has 0 fully saturated rings. The summed E-state index contributed by atoms with van der Waals surface area (Å²) in [6, 6.07) is 9.87. The van der Waals surface area contributed by atoms with Gasteiger partial charge in [0.15, 0.2) is 0 Å². The van der Waals surface area contributed by atoms with Crippen LogP contribution in [-0.2, 0) is 30.9 Å². The van der Waals surface area contributed by atoms with Crippen molar-refractivity contribution < 1.29 is 9.53 Å². The van der Waals surface area contributed by atoms with E-state index >= 15 is 0 Å². The van der Waals surface area contributed by atoms with Crippen LogP contribution < -0.4 is 15.8 Å². The SMILES string of the molecule is CCN(CCCc1cn(CCCC(=O)NCc2ccc(COc3cc(Cl)nc(N)n3)cc2)nn1)C(C)C. The Bertz CT molecular complexity index is 1100. The van der Waals surface area contributed by atoms with Crippen LogP contribution in [-0.4, -0.2) is 54.9 Å². The molecule has 10 nitrogen and oxygen atoms in total. The van der Waals surface area contributed by atoms with Crippen molar-refractivity contribution in [1.29, 1.82) is 0 Å². The van der Waals surface area contributed by atoms with Gasteiger partial charge in [-0.1, -0.05) is 48.0 Å². The normalized spacial score (nSPS) is 11.3. The minimum Gasteiger partial charge on any atom is -0.473 e. The zero-order valence-corrected chi connectivity index (χ0v) is 22.6. The lowest BCUT2D eigenvalue weighted by atomic mass is 10.1. The van der Waals surface area contributed by atoms with Gasteiger partial charge in [-0.2, -0.15) is 4.98 Å². The number of nitrogens with one attached hydrogen (secondary N) is 1. The second-order valence-corrected chi connectivity index (χ2v) is 9.56. The van der Waals surface area contributed by atoms with Crippen LogP contribution in [0.3, 0.4) is 0 Å². The number of anilines is 1. The van der Waals surface area contributed by atoms with Crippen LogP contribution in [0.5, 0.6) is 5.88 Å². The maximum Gasteiger partial charge on any atom is 0.224 e. The summed E-state index contributed by atoms with van der Waals surface area (Å²) in [6.07, 6.45) is 5.11. The fourth-order valence-corrected chi connectivity index (χ4v) is 4.08. The van der Waals surface area contributed by atoms with Crippen molar-refractivity contribution in [1.82, 2.24) is 35.2 Å². The highest BCUT2D eigenvalue weighted by molar-refractivity contribution is 6.29. The molecule has 0 radical (unpaired) electrons. The van der Waals surface area contributed by atoms with Crippen molar-refractivity contribution in [2.75, 3.05) is 18.8 Å². The van der Waals surface area contributed by atoms with Gasteiger partial charge >= 0.3 is 0 Å². The third kappa shape index (κ3) is 9.97. The van der Waals surface area contributed by atoms with Crippen LogP contribution in [0, 0.1) is 0 Å². The van der Waals surface area contributed by atoms with Crippen molar-refractivity contribution in [3.05, 3.63) is 58.5 Å². The molecule has 1 amide bonds. The van der Waals surface area contributed by atoms with Gasteiger partial charge < -0.3 is 20.7 Å². The molecule has 0 aliphatic rings. The zero-order chi connectivity index (χ0) is 26.6. The van der Waals surface area contributed by atoms with Gasteiger partial charge in [-0.15, -0.1) is 5.10 Å². The predicted octanol–water partition coefficient (Wildman–Crippen LogP) is 3.64. The van der Waals surface area contributed by atoms with Crippen LogP contribution in [0.25, 0.3) is 0 Å². The Kier molecular flexibility index (Phi) is 11.1. The first-order valence-corrected chi connectivity index (χ1v) is 13.1. The molecule has 0 saturated heterocycles. The average molecular weight is 529 g/mol. The third-order valence-electron chi connectivity index (χ3n) is 5.98. The summed E-state index contributed by atoms with van der Waals surface area (Å²) in [5, 5.41) is 11.7. The number of carbonyl (C=O) groups is 1. The quantitative estimate of drug-likeness (QED) is 0.286. The summed E-state index contributed by atoms with van der Waals surface area (Å²) in [4.78, 5) is 22.5. The third-order valence-corrected chi connectivity index (χ3v) is 6.17. The van der Waals surface area contributed by atoms with Gasteiger partial charge in [0.1, 0.15) is 11.8 Å². The number of aromatic nitrogens is 5. The second-order valence-electron chi connectivity index (χ2n) is 9.17. The minimum absolute atomic E-state index is 0.0133. The number of halogens is 1. The molecule has 11 heteroatoms. The molecule has 200 valence electrons. The first kappa shape index (κ1) is 28.3. The van der Waals surface area contributed by atoms with E-state index in [1.54, 1.807) is 0 Å². The summed E-state index contributed by atoms with van der Waals surface area (Å²) < 4.78 is 7.44. The van der Waals surface area contributed by atoms with Crippen LogP contribution in [0.4, 0.5) is 5.95 Å². The molecule has 2 aromatic heterocycles. The maximum absolute atomic E-state index is 12.3. The fourth-order valence-electron chi connectivity index (χ4n) is 3.90. The highest BCUT2D eigenvalue weighted by Gasteiger charge is 2.08. The molecule has 0 spiro atoms. The topological polar surface area (TPSA) is 124 Å². The number of rotatable bonds is 15. The number of hydrogen-bond acceptors (Lipinski definition) is 8. The van der Waals surface area contributed by atoms with E-state index in [9.17, 15) is 4.79 Å². The lowest BCUT2D eigenvalue weighted by molar-refractivity contribution is -0.121. The lowest BCUT2D eigenvalue weighted by Crippen LogP contribution is -2.31. The van der Waals surface area contributed by atoms with Crippen molar-refractivity contribution >= 4 is 23.5 Å². The predicted molar refractivity (Wildman–Crippen MR) is 144 cm³/mol. The molecule has 0 unspecified atom stereocenters. The summed E-state index contributed by atoms with van der Waals surface area (Å²) in [6.45, 7) is 10.2. The van der Waals surface area contributed by atoms with Crippen molar-refractivity contribution in [3.8, 4) is 5.88 Å². The van der Waals surface area contributed by atoms with E-state index in [-0.39, 0.29) is 17.0 Å². The summed E-state index contributed by atoms with van der Waals surface area (Å²) >= 11 is 5.86. The molecule has 0 saturated carbocycles. The largest absolute Gasteiger partial charge is 0.473 e. The van der Waals surface area contributed by atoms with E-state index in [1.165, 1.54) is 6.07 Å². The highest BCUT2D eigenvalue weighted by atomic mass is 35.5. The van der Waals surface area contributed by atoms with E-state index < -0.39 is 0 Å². The van der Waals surface area contributed by atoms with Crippen LogP contribution in [0.15, 0.2) is 36.5 Å². The standard InChI is InChI=1S/C26H37ClN8O2/c1-4-34(19(2)3)13-5-7-22-17-35(33-32-22)14-6-8-24(36)29-16-20-9-11-21(12-10-20)18-37-25-15-23(27)30-26(28)31-25/h9-12,15,17,19H,4-8,13-14,16,18H2,1-3H3,(H,29,36)(H2,28,30,31). The molecule has 3 aromatic rings. The molecule has 37 heavy (non-hydrogen) atoms. The lowest BCUT2D eigenvalue weighted by Gasteiger charge is -2.24. The molecule has 3 rings (SSSR count). The highest BCUT2D eigenvalue weighted by Crippen LogP contribution is 2.16. The van der Waals surface area contributed by atoms with Crippen molar-refractivity contribution in [3.63, 3.8) is 0 Å². The Morgan fingerprint density at radius 1 is 1.19 bits per heavy atom. The summed E-state index contributed by atoms with van der Waals surface area (Å²) in [7, 11) is 0. The molecular formula is C26H37ClN8O2. The number of amides is 1. The minimum atomic E-state index is 0.0133. The molecule has 0 aliphatic carbocycles. The van der Waals surface area contributed by atoms with Gasteiger partial charge in [0, 0.05) is 37.8 Å². The number of nitrogens with zero attached hydrogens (tertiary/aromatic N) is 6. The molecular weight excluding hydrogens is 492 g/mol. The van der Waals surface area contributed by atoms with Gasteiger partial charge in [-0.25, -0.2) is 4.98 Å². The number of benzene rings is 1. The summed E-state index contributed by atoms with van der Waals surface area (Å²) in [5.74, 6) is 0.399. The van der Waals surface area contributed by atoms with E-state index in [0.717, 1.165) is 42.8 Å². The van der Waals surface area contributed by atoms with E-state index in [1.807, 2.05) is 35.1 Å². The second kappa shape index (κ2) is 14.5. The van der Waals surface area contributed by atoms with Crippen LogP contribution in [0.1, 0.15) is 56.9 Å². The van der Waals surface area contributed by atoms with Gasteiger partial charge in [0.05, 0.1) is 5.69 Å². The Morgan fingerprint density at radius 3 is 2.65 bits per heavy atom. The van der Waals surface area contributed by atoms with Gasteiger partial charge in [-0.3, -0.25) is 9.48 Å². The molecule has 2 heterocycles. The number of hydrogen-bond donors (Lipinski definition) is 2. The number of nitrogens with two attached hydrogens (primary N) is 1. The number of carbonyl (C=O) groups excluding carboxylic acids is 1. The van der Waals surface area contributed by atoms with Crippen molar-refractivity contribution in [2.45, 2.75) is 72.2 Å². The zero-order valence-electron chi connectivity index (χ0n) is 21.9. The van der Waals surface area contributed by atoms with Gasteiger partial charge in [-0.05, 0) is 57.3 Å². The molecule has 1 aromatic carbocycles. The number of nitrogen functional groups attached to an aromatic ring is 1. The summed E-state index contributed by atoms with van der Waals surface area (Å²) in [5.41, 5.74) is 8.54. The average Bonchev–Trinajstić information content (AvgIpc) is 3.31. The van der Waals surface area contributed by atoms with Gasteiger partial charge in [0.2, 0.25) is 17.7 Å². The van der Waals surface area contributed by atoms with Gasteiger partial charge in [0.25, 0.3) is 0 Å². The first-order chi connectivity index (χ1) is 17.8. The Labute approximate surface area is 223 Å². The first-order valence-electron chi connectivity index (χ1n) is 12.7. The molecule has 0 atom stereocenters. The monoisotopic (exact) mass is 528 g/mol. The number of ether oxygens (including phenoxy) is 1. The Balaban J connectivity index is 1.31. The number of aryl methyl sites for hydroxylation is 2. The van der Waals surface area contributed by atoms with E-state index in [0.29, 0.717) is 44.5 Å². The molecule has 3 N–H and O–H groups in total. The van der Waals surface area contributed by atoms with E-state index in [4.69, 9.17) is 22.1 Å². The molecule has 0 bridgehead atoms. The van der Waals surface area contributed by atoms with E-state index in [2.05, 4.69) is 51.3 Å². The fraction of sp³-hybridized carbons (Fsp3) is 0.500. The Morgan fingerprint density at radius 2 is 1.95 bits per heavy atom. The molecule has 0 aliphatic heterocycles. The maximum atomic E-state index is 12.3. The van der Waals surface area contributed by atoms with Crippen LogP contribution >= 0.6 is 11.6 Å². The van der Waals surface area contributed by atoms with Crippen molar-refractivity contribution in [2.24, 2.45) is 0 Å². The van der Waals surface area contributed by atoms with Crippen LogP contribution in [0.2, 0.25) is 5.15 Å². The smallest absolute Gasteiger partial charge is 0.224 e.